The van der Waals surface area contributed by atoms with Crippen molar-refractivity contribution in [3.05, 3.63) is 18.6 Å². The third-order valence-corrected chi connectivity index (χ3v) is 2.63. The van der Waals surface area contributed by atoms with E-state index in [1.807, 2.05) is 6.08 Å². The second-order valence-electron chi connectivity index (χ2n) is 3.23. The molecule has 2 aliphatic carbocycles. The normalized spacial score (nSPS) is 51.7. The monoisotopic (exact) mass is 139 g/mol. The van der Waals surface area contributed by atoms with Crippen LogP contribution in [-0.4, -0.2) is 22.4 Å². The highest BCUT2D eigenvalue weighted by Crippen LogP contribution is 2.43. The van der Waals surface area contributed by atoms with E-state index in [4.69, 9.17) is 0 Å². The van der Waals surface area contributed by atoms with Crippen molar-refractivity contribution in [2.24, 2.45) is 11.8 Å². The van der Waals surface area contributed by atoms with Gasteiger partial charge in [0.2, 0.25) is 0 Å². The highest BCUT2D eigenvalue weighted by atomic mass is 16.3. The molecule has 1 fully saturated rings. The molecular weight excluding hydrogens is 128 g/mol. The third-order valence-electron chi connectivity index (χ3n) is 2.63. The molecule has 0 amide bonds. The van der Waals surface area contributed by atoms with Crippen LogP contribution in [-0.2, 0) is 0 Å². The molecule has 2 heteroatoms. The fourth-order valence-electron chi connectivity index (χ4n) is 2.00. The van der Waals surface area contributed by atoms with E-state index in [0.29, 0.717) is 0 Å². The van der Waals surface area contributed by atoms with Crippen LogP contribution in [0.4, 0.5) is 0 Å². The second-order valence-corrected chi connectivity index (χ2v) is 3.23. The average Bonchev–Trinajstić information content (AvgIpc) is 2.36. The van der Waals surface area contributed by atoms with Gasteiger partial charge in [0.05, 0.1) is 12.2 Å². The molecule has 55 valence electrons. The maximum atomic E-state index is 9.33. The summed E-state index contributed by atoms with van der Waals surface area (Å²) < 4.78 is 0. The van der Waals surface area contributed by atoms with Crippen LogP contribution >= 0.6 is 0 Å². The van der Waals surface area contributed by atoms with E-state index in [-0.39, 0.29) is 11.8 Å². The number of hydrogen-bond donors (Lipinski definition) is 2. The van der Waals surface area contributed by atoms with Crippen LogP contribution in [0, 0.1) is 18.8 Å². The molecule has 4 unspecified atom stereocenters. The van der Waals surface area contributed by atoms with Gasteiger partial charge < -0.3 is 10.2 Å². The lowest BCUT2D eigenvalue weighted by Crippen LogP contribution is -2.31. The molecule has 0 heterocycles. The number of rotatable bonds is 0. The van der Waals surface area contributed by atoms with Crippen LogP contribution in [0.3, 0.4) is 0 Å². The number of fused-ring (bicyclic) bond motifs is 2. The first-order chi connectivity index (χ1) is 4.70. The fourth-order valence-corrected chi connectivity index (χ4v) is 2.00. The summed E-state index contributed by atoms with van der Waals surface area (Å²) in [5, 5.41) is 18.6. The van der Waals surface area contributed by atoms with E-state index in [0.717, 1.165) is 12.0 Å². The minimum atomic E-state index is -0.553. The van der Waals surface area contributed by atoms with Crippen LogP contribution in [0.1, 0.15) is 6.42 Å². The van der Waals surface area contributed by atoms with Crippen LogP contribution in [0.25, 0.3) is 0 Å². The lowest BCUT2D eigenvalue weighted by Gasteiger charge is -2.20. The van der Waals surface area contributed by atoms with Crippen LogP contribution in [0.15, 0.2) is 11.6 Å². The van der Waals surface area contributed by atoms with Crippen molar-refractivity contribution in [3.8, 4) is 0 Å². The fraction of sp³-hybridized carbons (Fsp3) is 0.625. The van der Waals surface area contributed by atoms with Crippen molar-refractivity contribution in [1.82, 2.24) is 0 Å². The van der Waals surface area contributed by atoms with E-state index in [1.54, 1.807) is 0 Å². The standard InChI is InChI=1S/C8H11O2/c1-4-2-5-3-6(4)8(10)7(5)9/h2,5-10H,1,3H2. The lowest BCUT2D eigenvalue weighted by atomic mass is 9.95. The molecule has 0 aromatic carbocycles. The maximum Gasteiger partial charge on any atom is 0.0870 e. The summed E-state index contributed by atoms with van der Waals surface area (Å²) in [7, 11) is 0. The highest BCUT2D eigenvalue weighted by Gasteiger charge is 2.45. The molecular formula is C8H11O2. The van der Waals surface area contributed by atoms with Gasteiger partial charge in [0.25, 0.3) is 0 Å². The number of aliphatic hydroxyl groups excluding tert-OH is 2. The molecule has 2 nitrogen and oxygen atoms in total. The first kappa shape index (κ1) is 6.38. The summed E-state index contributed by atoms with van der Waals surface area (Å²) >= 11 is 0. The number of hydrogen-bond acceptors (Lipinski definition) is 2. The molecule has 1 saturated carbocycles. The Morgan fingerprint density at radius 3 is 2.50 bits per heavy atom. The van der Waals surface area contributed by atoms with Crippen LogP contribution in [0.2, 0.25) is 0 Å². The van der Waals surface area contributed by atoms with Crippen molar-refractivity contribution in [1.29, 1.82) is 0 Å². The molecule has 4 atom stereocenters. The van der Waals surface area contributed by atoms with E-state index >= 15 is 0 Å². The van der Waals surface area contributed by atoms with E-state index in [1.165, 1.54) is 0 Å². The Morgan fingerprint density at radius 2 is 2.10 bits per heavy atom. The van der Waals surface area contributed by atoms with Crippen molar-refractivity contribution >= 4 is 0 Å². The lowest BCUT2D eigenvalue weighted by molar-refractivity contribution is 0.0117. The average molecular weight is 139 g/mol. The van der Waals surface area contributed by atoms with Gasteiger partial charge in [-0.15, -0.1) is 0 Å². The summed E-state index contributed by atoms with van der Waals surface area (Å²) in [6.45, 7) is 3.80. The van der Waals surface area contributed by atoms with Crippen molar-refractivity contribution in [2.45, 2.75) is 18.6 Å². The molecule has 1 radical (unpaired) electrons. The van der Waals surface area contributed by atoms with Crippen molar-refractivity contribution < 1.29 is 10.2 Å². The topological polar surface area (TPSA) is 40.5 Å². The molecule has 0 aromatic heterocycles. The highest BCUT2D eigenvalue weighted by molar-refractivity contribution is 5.26. The summed E-state index contributed by atoms with van der Waals surface area (Å²) in [5.74, 6) is 0.312. The molecule has 10 heavy (non-hydrogen) atoms. The van der Waals surface area contributed by atoms with Gasteiger partial charge in [-0.05, 0) is 13.3 Å². The molecule has 0 aliphatic heterocycles. The molecule has 2 bridgehead atoms. The smallest absolute Gasteiger partial charge is 0.0870 e. The largest absolute Gasteiger partial charge is 0.390 e. The zero-order valence-electron chi connectivity index (χ0n) is 5.70. The van der Waals surface area contributed by atoms with Gasteiger partial charge in [-0.25, -0.2) is 0 Å². The Morgan fingerprint density at radius 1 is 1.40 bits per heavy atom. The molecule has 0 aromatic rings. The van der Waals surface area contributed by atoms with Gasteiger partial charge in [-0.2, -0.15) is 0 Å². The summed E-state index contributed by atoms with van der Waals surface area (Å²) in [6, 6.07) is 0. The van der Waals surface area contributed by atoms with Crippen molar-refractivity contribution in [2.75, 3.05) is 0 Å². The van der Waals surface area contributed by atoms with Crippen LogP contribution < -0.4 is 0 Å². The van der Waals surface area contributed by atoms with Gasteiger partial charge in [0.15, 0.2) is 0 Å². The quantitative estimate of drug-likeness (QED) is 0.500. The molecule has 2 aliphatic rings. The van der Waals surface area contributed by atoms with Gasteiger partial charge in [0, 0.05) is 11.8 Å². The summed E-state index contributed by atoms with van der Waals surface area (Å²) in [4.78, 5) is 0. The minimum Gasteiger partial charge on any atom is -0.390 e. The predicted octanol–water partition coefficient (Wildman–Crippen LogP) is 0.118. The summed E-state index contributed by atoms with van der Waals surface area (Å²) in [5.41, 5.74) is 1.00. The summed E-state index contributed by atoms with van der Waals surface area (Å²) in [6.07, 6.45) is 1.78. The zero-order chi connectivity index (χ0) is 7.30. The van der Waals surface area contributed by atoms with Gasteiger partial charge >= 0.3 is 0 Å². The van der Waals surface area contributed by atoms with Gasteiger partial charge in [-0.1, -0.05) is 11.6 Å². The van der Waals surface area contributed by atoms with Gasteiger partial charge in [0.1, 0.15) is 0 Å². The molecule has 0 spiro atoms. The van der Waals surface area contributed by atoms with Crippen LogP contribution in [0.5, 0.6) is 0 Å². The Hall–Kier alpha value is -0.340. The first-order valence-corrected chi connectivity index (χ1v) is 3.60. The zero-order valence-corrected chi connectivity index (χ0v) is 5.70. The Bertz CT molecular complexity index is 186. The molecule has 2 N–H and O–H groups in total. The Balaban J connectivity index is 2.29. The molecule has 2 rings (SSSR count). The molecule has 0 saturated heterocycles. The Labute approximate surface area is 60.2 Å². The minimum absolute atomic E-state index is 0.139. The van der Waals surface area contributed by atoms with E-state index in [9.17, 15) is 10.2 Å². The van der Waals surface area contributed by atoms with Crippen molar-refractivity contribution in [3.63, 3.8) is 0 Å². The predicted molar refractivity (Wildman–Crippen MR) is 37.1 cm³/mol. The third kappa shape index (κ3) is 0.607. The second kappa shape index (κ2) is 1.83. The van der Waals surface area contributed by atoms with E-state index in [2.05, 4.69) is 6.92 Å². The van der Waals surface area contributed by atoms with E-state index < -0.39 is 12.2 Å². The Kier molecular flexibility index (Phi) is 1.17. The number of aliphatic hydroxyl groups is 2. The first-order valence-electron chi connectivity index (χ1n) is 3.60. The maximum absolute atomic E-state index is 9.33. The van der Waals surface area contributed by atoms with Gasteiger partial charge in [-0.3, -0.25) is 0 Å². The SMILES string of the molecule is [CH2]C1=CC2CC1C(O)C2O.